The Morgan fingerprint density at radius 3 is 2.40 bits per heavy atom. The molecule has 3 rings (SSSR count). The fraction of sp³-hybridized carbons (Fsp3) is 0.167. The van der Waals surface area contributed by atoms with Crippen LogP contribution in [-0.2, 0) is 0 Å². The van der Waals surface area contributed by atoms with Crippen molar-refractivity contribution in [3.8, 4) is 0 Å². The Kier molecular flexibility index (Phi) is 3.48. The average molecular weight is 263 g/mol. The maximum atomic E-state index is 10.6. The zero-order chi connectivity index (χ0) is 13.9. The molecular weight excluding hydrogens is 246 g/mol. The van der Waals surface area contributed by atoms with Gasteiger partial charge in [-0.15, -0.1) is 0 Å². The number of aliphatic hydroxyl groups excluding tert-OH is 1. The van der Waals surface area contributed by atoms with Crippen molar-refractivity contribution in [1.82, 2.24) is 4.98 Å². The van der Waals surface area contributed by atoms with Crippen LogP contribution in [0.25, 0.3) is 10.9 Å². The summed E-state index contributed by atoms with van der Waals surface area (Å²) in [6, 6.07) is 20.0. The Hall–Kier alpha value is -2.19. The minimum absolute atomic E-state index is 0.0409. The van der Waals surface area contributed by atoms with Crippen molar-refractivity contribution < 1.29 is 5.11 Å². The van der Waals surface area contributed by atoms with Gasteiger partial charge >= 0.3 is 0 Å². The highest BCUT2D eigenvalue weighted by Gasteiger charge is 2.18. The lowest BCUT2D eigenvalue weighted by molar-refractivity contribution is 0.151. The Labute approximate surface area is 118 Å². The summed E-state index contributed by atoms with van der Waals surface area (Å²) in [5.41, 5.74) is 2.95. The number of benzene rings is 2. The van der Waals surface area contributed by atoms with Crippen molar-refractivity contribution in [3.63, 3.8) is 0 Å². The van der Waals surface area contributed by atoms with Crippen molar-refractivity contribution in [1.29, 1.82) is 0 Å². The summed E-state index contributed by atoms with van der Waals surface area (Å²) in [5.74, 6) is 0.0409. The van der Waals surface area contributed by atoms with Gasteiger partial charge in [0.1, 0.15) is 0 Å². The first-order valence-corrected chi connectivity index (χ1v) is 6.83. The van der Waals surface area contributed by atoms with E-state index in [4.69, 9.17) is 0 Å². The van der Waals surface area contributed by atoms with E-state index in [1.807, 2.05) is 67.6 Å². The van der Waals surface area contributed by atoms with E-state index < -0.39 is 6.10 Å². The molecule has 2 nitrogen and oxygen atoms in total. The van der Waals surface area contributed by atoms with E-state index in [9.17, 15) is 5.11 Å². The van der Waals surface area contributed by atoms with E-state index in [2.05, 4.69) is 4.98 Å². The van der Waals surface area contributed by atoms with Crippen molar-refractivity contribution in [2.45, 2.75) is 18.9 Å². The van der Waals surface area contributed by atoms with Crippen LogP contribution in [0.2, 0.25) is 0 Å². The monoisotopic (exact) mass is 263 g/mol. The summed E-state index contributed by atoms with van der Waals surface area (Å²) in [5, 5.41) is 11.6. The molecule has 0 fully saturated rings. The SMILES string of the molecule is CC(c1ccccc1)C(O)c1cnc2ccccc2c1. The summed E-state index contributed by atoms with van der Waals surface area (Å²) >= 11 is 0. The second-order valence-electron chi connectivity index (χ2n) is 5.11. The van der Waals surface area contributed by atoms with E-state index in [-0.39, 0.29) is 5.92 Å². The van der Waals surface area contributed by atoms with E-state index in [1.54, 1.807) is 6.20 Å². The molecule has 0 amide bonds. The molecule has 0 bridgehead atoms. The number of para-hydroxylation sites is 1. The smallest absolute Gasteiger partial charge is 0.0870 e. The Balaban J connectivity index is 1.94. The molecule has 100 valence electrons. The highest BCUT2D eigenvalue weighted by molar-refractivity contribution is 5.78. The largest absolute Gasteiger partial charge is 0.388 e. The fourth-order valence-corrected chi connectivity index (χ4v) is 2.48. The molecule has 0 radical (unpaired) electrons. The van der Waals surface area contributed by atoms with Crippen LogP contribution >= 0.6 is 0 Å². The number of aliphatic hydroxyl groups is 1. The molecule has 0 aliphatic carbocycles. The molecule has 2 unspecified atom stereocenters. The molecule has 2 aromatic carbocycles. The molecular formula is C18H17NO. The third kappa shape index (κ3) is 2.43. The molecule has 2 heteroatoms. The lowest BCUT2D eigenvalue weighted by atomic mass is 9.91. The molecule has 3 aromatic rings. The van der Waals surface area contributed by atoms with Gasteiger partial charge in [-0.1, -0.05) is 55.5 Å². The molecule has 0 saturated carbocycles. The Bertz CT molecular complexity index is 709. The van der Waals surface area contributed by atoms with Crippen LogP contribution < -0.4 is 0 Å². The molecule has 0 spiro atoms. The molecule has 20 heavy (non-hydrogen) atoms. The predicted molar refractivity (Wildman–Crippen MR) is 81.6 cm³/mol. The number of pyridine rings is 1. The summed E-state index contributed by atoms with van der Waals surface area (Å²) < 4.78 is 0. The summed E-state index contributed by atoms with van der Waals surface area (Å²) in [7, 11) is 0. The predicted octanol–water partition coefficient (Wildman–Crippen LogP) is 4.07. The Morgan fingerprint density at radius 1 is 0.900 bits per heavy atom. The van der Waals surface area contributed by atoms with Crippen LogP contribution in [0, 0.1) is 0 Å². The summed E-state index contributed by atoms with van der Waals surface area (Å²) in [6.45, 7) is 2.04. The first kappa shape index (κ1) is 12.8. The molecule has 1 N–H and O–H groups in total. The summed E-state index contributed by atoms with van der Waals surface area (Å²) in [6.07, 6.45) is 1.22. The third-order valence-electron chi connectivity index (χ3n) is 3.75. The van der Waals surface area contributed by atoms with Crippen LogP contribution in [0.4, 0.5) is 0 Å². The Morgan fingerprint density at radius 2 is 1.60 bits per heavy atom. The average Bonchev–Trinajstić information content (AvgIpc) is 2.54. The van der Waals surface area contributed by atoms with Crippen LogP contribution in [0.3, 0.4) is 0 Å². The van der Waals surface area contributed by atoms with E-state index in [0.29, 0.717) is 0 Å². The van der Waals surface area contributed by atoms with Gasteiger partial charge in [-0.3, -0.25) is 4.98 Å². The highest BCUT2D eigenvalue weighted by Crippen LogP contribution is 2.31. The molecule has 2 atom stereocenters. The minimum atomic E-state index is -0.547. The van der Waals surface area contributed by atoms with Gasteiger partial charge in [-0.25, -0.2) is 0 Å². The van der Waals surface area contributed by atoms with E-state index >= 15 is 0 Å². The normalized spacial score (nSPS) is 14.1. The van der Waals surface area contributed by atoms with E-state index in [0.717, 1.165) is 22.0 Å². The maximum Gasteiger partial charge on any atom is 0.0870 e. The molecule has 0 saturated heterocycles. The lowest BCUT2D eigenvalue weighted by Gasteiger charge is -2.19. The minimum Gasteiger partial charge on any atom is -0.388 e. The van der Waals surface area contributed by atoms with Gasteiger partial charge in [0.15, 0.2) is 0 Å². The highest BCUT2D eigenvalue weighted by atomic mass is 16.3. The van der Waals surface area contributed by atoms with Crippen LogP contribution in [0.5, 0.6) is 0 Å². The van der Waals surface area contributed by atoms with Crippen molar-refractivity contribution in [2.75, 3.05) is 0 Å². The lowest BCUT2D eigenvalue weighted by Crippen LogP contribution is -2.08. The number of aromatic nitrogens is 1. The maximum absolute atomic E-state index is 10.6. The quantitative estimate of drug-likeness (QED) is 0.772. The second-order valence-corrected chi connectivity index (χ2v) is 5.11. The van der Waals surface area contributed by atoms with Crippen molar-refractivity contribution >= 4 is 10.9 Å². The van der Waals surface area contributed by atoms with E-state index in [1.165, 1.54) is 0 Å². The van der Waals surface area contributed by atoms with Crippen LogP contribution in [0.1, 0.15) is 30.1 Å². The van der Waals surface area contributed by atoms with Gasteiger partial charge in [0.05, 0.1) is 11.6 Å². The van der Waals surface area contributed by atoms with Gasteiger partial charge in [0.2, 0.25) is 0 Å². The van der Waals surface area contributed by atoms with Crippen LogP contribution in [-0.4, -0.2) is 10.1 Å². The number of hydrogen-bond acceptors (Lipinski definition) is 2. The number of rotatable bonds is 3. The van der Waals surface area contributed by atoms with Gasteiger partial charge in [-0.2, -0.15) is 0 Å². The topological polar surface area (TPSA) is 33.1 Å². The molecule has 1 heterocycles. The van der Waals surface area contributed by atoms with Gasteiger partial charge in [0.25, 0.3) is 0 Å². The number of fused-ring (bicyclic) bond motifs is 1. The molecule has 0 aliphatic rings. The van der Waals surface area contributed by atoms with Crippen LogP contribution in [0.15, 0.2) is 66.9 Å². The number of hydrogen-bond donors (Lipinski definition) is 1. The molecule has 1 aromatic heterocycles. The zero-order valence-corrected chi connectivity index (χ0v) is 11.4. The van der Waals surface area contributed by atoms with Crippen molar-refractivity contribution in [2.24, 2.45) is 0 Å². The fourth-order valence-electron chi connectivity index (χ4n) is 2.48. The molecule has 0 aliphatic heterocycles. The van der Waals surface area contributed by atoms with Gasteiger partial charge in [0, 0.05) is 23.1 Å². The standard InChI is InChI=1S/C18H17NO/c1-13(14-7-3-2-4-8-14)18(20)16-11-15-9-5-6-10-17(15)19-12-16/h2-13,18,20H,1H3. The third-order valence-corrected chi connectivity index (χ3v) is 3.75. The first-order valence-electron chi connectivity index (χ1n) is 6.83. The zero-order valence-electron chi connectivity index (χ0n) is 11.4. The van der Waals surface area contributed by atoms with Gasteiger partial charge < -0.3 is 5.11 Å². The van der Waals surface area contributed by atoms with Gasteiger partial charge in [-0.05, 0) is 17.7 Å². The number of nitrogens with zero attached hydrogens (tertiary/aromatic N) is 1. The first-order chi connectivity index (χ1) is 9.75. The van der Waals surface area contributed by atoms with Crippen molar-refractivity contribution in [3.05, 3.63) is 78.0 Å². The second kappa shape index (κ2) is 5.43. The summed E-state index contributed by atoms with van der Waals surface area (Å²) in [4.78, 5) is 4.42.